The van der Waals surface area contributed by atoms with Crippen LogP contribution in [0.4, 0.5) is 11.6 Å². The number of nitrogens with two attached hydrogens (primary N) is 1. The Kier molecular flexibility index (Phi) is 4.29. The van der Waals surface area contributed by atoms with Crippen LogP contribution in [0.25, 0.3) is 5.52 Å². The summed E-state index contributed by atoms with van der Waals surface area (Å²) in [5.41, 5.74) is 8.14. The average Bonchev–Trinajstić information content (AvgIpc) is 3.20. The Morgan fingerprint density at radius 3 is 3.15 bits per heavy atom. The summed E-state index contributed by atoms with van der Waals surface area (Å²) in [7, 11) is 1.36. The molecule has 0 radical (unpaired) electrons. The van der Waals surface area contributed by atoms with Gasteiger partial charge in [0, 0.05) is 30.3 Å². The van der Waals surface area contributed by atoms with Crippen LogP contribution in [-0.4, -0.2) is 37.9 Å². The number of hydrogen-bond donors (Lipinski definition) is 3. The lowest BCUT2D eigenvalue weighted by atomic mass is 10.1. The molecule has 1 aliphatic rings. The van der Waals surface area contributed by atoms with Gasteiger partial charge >= 0.3 is 5.97 Å². The highest BCUT2D eigenvalue weighted by Gasteiger charge is 2.25. The minimum Gasteiger partial charge on any atom is -0.469 e. The first-order valence-electron chi connectivity index (χ1n) is 8.64. The number of methoxy groups -OCH3 is 1. The van der Waals surface area contributed by atoms with Crippen LogP contribution in [0, 0.1) is 0 Å². The minimum absolute atomic E-state index is 0.220. The highest BCUT2D eigenvalue weighted by Crippen LogP contribution is 2.39. The van der Waals surface area contributed by atoms with Gasteiger partial charge in [0.05, 0.1) is 13.2 Å². The molecule has 136 valence electrons. The molecule has 0 aromatic carbocycles. The van der Waals surface area contributed by atoms with Crippen LogP contribution in [0.1, 0.15) is 49.2 Å². The topological polar surface area (TPSA) is 123 Å². The second-order valence-corrected chi connectivity index (χ2v) is 6.49. The first-order valence-corrected chi connectivity index (χ1v) is 8.64. The number of rotatable bonds is 7. The lowest BCUT2D eigenvalue weighted by molar-refractivity contribution is -0.140. The van der Waals surface area contributed by atoms with Gasteiger partial charge < -0.3 is 15.8 Å². The van der Waals surface area contributed by atoms with E-state index in [0.29, 0.717) is 29.8 Å². The maximum Gasteiger partial charge on any atom is 0.305 e. The van der Waals surface area contributed by atoms with Crippen LogP contribution < -0.4 is 11.1 Å². The monoisotopic (exact) mass is 355 g/mol. The van der Waals surface area contributed by atoms with Crippen molar-refractivity contribution in [1.82, 2.24) is 24.8 Å². The van der Waals surface area contributed by atoms with Gasteiger partial charge in [-0.05, 0) is 31.4 Å². The standard InChI is InChI=1S/C17H21N7O2/c1-26-15(25)7-6-11(18)16-20-17(13-3-2-8-24(13)23-16)19-14-9-12(21-22-14)10-4-5-10/h2-3,8-11H,4-7,18H2,1H3,(H2,19,20,21,22,23)/t11-/m0/s1. The number of nitrogens with one attached hydrogen (secondary N) is 2. The number of hydrogen-bond acceptors (Lipinski definition) is 7. The molecule has 0 unspecified atom stereocenters. The van der Waals surface area contributed by atoms with Crippen LogP contribution in [0.15, 0.2) is 24.4 Å². The number of esters is 1. The first-order chi connectivity index (χ1) is 12.6. The quantitative estimate of drug-likeness (QED) is 0.554. The molecule has 0 bridgehead atoms. The predicted molar refractivity (Wildman–Crippen MR) is 95.0 cm³/mol. The smallest absolute Gasteiger partial charge is 0.305 e. The molecule has 1 fully saturated rings. The van der Waals surface area contributed by atoms with Crippen molar-refractivity contribution in [3.05, 3.63) is 35.9 Å². The number of aromatic nitrogens is 5. The van der Waals surface area contributed by atoms with E-state index in [9.17, 15) is 4.79 Å². The Morgan fingerprint density at radius 2 is 2.38 bits per heavy atom. The summed E-state index contributed by atoms with van der Waals surface area (Å²) in [6.45, 7) is 0. The van der Waals surface area contributed by atoms with Gasteiger partial charge in [-0.3, -0.25) is 9.89 Å². The number of fused-ring (bicyclic) bond motifs is 1. The third-order valence-electron chi connectivity index (χ3n) is 4.49. The predicted octanol–water partition coefficient (Wildman–Crippen LogP) is 2.03. The fourth-order valence-electron chi connectivity index (χ4n) is 2.83. The fraction of sp³-hybridized carbons (Fsp3) is 0.412. The molecule has 3 heterocycles. The molecular weight excluding hydrogens is 334 g/mol. The number of H-pyrrole nitrogens is 1. The fourth-order valence-corrected chi connectivity index (χ4v) is 2.83. The summed E-state index contributed by atoms with van der Waals surface area (Å²) in [6.07, 6.45) is 4.87. The number of anilines is 2. The largest absolute Gasteiger partial charge is 0.469 e. The normalized spacial score (nSPS) is 15.2. The van der Waals surface area contributed by atoms with Crippen LogP contribution in [0.5, 0.6) is 0 Å². The number of nitrogens with zero attached hydrogens (tertiary/aromatic N) is 4. The van der Waals surface area contributed by atoms with Gasteiger partial charge in [-0.15, -0.1) is 0 Å². The zero-order valence-corrected chi connectivity index (χ0v) is 14.5. The van der Waals surface area contributed by atoms with E-state index in [0.717, 1.165) is 11.2 Å². The Bertz CT molecular complexity index is 928. The van der Waals surface area contributed by atoms with Gasteiger partial charge in [0.15, 0.2) is 17.5 Å². The molecule has 0 aliphatic heterocycles. The highest BCUT2D eigenvalue weighted by molar-refractivity contribution is 5.72. The van der Waals surface area contributed by atoms with Crippen molar-refractivity contribution >= 4 is 23.1 Å². The second-order valence-electron chi connectivity index (χ2n) is 6.49. The molecular formula is C17H21N7O2. The molecule has 0 saturated heterocycles. The van der Waals surface area contributed by atoms with E-state index >= 15 is 0 Å². The lowest BCUT2D eigenvalue weighted by Gasteiger charge is -2.12. The van der Waals surface area contributed by atoms with Crippen molar-refractivity contribution in [3.63, 3.8) is 0 Å². The van der Waals surface area contributed by atoms with Crippen LogP contribution in [-0.2, 0) is 9.53 Å². The van der Waals surface area contributed by atoms with E-state index in [-0.39, 0.29) is 12.4 Å². The van der Waals surface area contributed by atoms with E-state index in [4.69, 9.17) is 5.73 Å². The molecule has 4 N–H and O–H groups in total. The van der Waals surface area contributed by atoms with Gasteiger partial charge in [-0.1, -0.05) is 0 Å². The number of carbonyl (C=O) groups is 1. The molecule has 1 saturated carbocycles. The van der Waals surface area contributed by atoms with Crippen LogP contribution >= 0.6 is 0 Å². The Hall–Kier alpha value is -2.94. The Morgan fingerprint density at radius 1 is 1.54 bits per heavy atom. The van der Waals surface area contributed by atoms with Gasteiger partial charge in [-0.25, -0.2) is 9.50 Å². The molecule has 9 heteroatoms. The van der Waals surface area contributed by atoms with Gasteiger partial charge in [0.25, 0.3) is 0 Å². The molecule has 26 heavy (non-hydrogen) atoms. The van der Waals surface area contributed by atoms with Gasteiger partial charge in [0.2, 0.25) is 0 Å². The van der Waals surface area contributed by atoms with Crippen LogP contribution in [0.3, 0.4) is 0 Å². The second kappa shape index (κ2) is 6.75. The molecule has 9 nitrogen and oxygen atoms in total. The average molecular weight is 355 g/mol. The number of aromatic amines is 1. The summed E-state index contributed by atoms with van der Waals surface area (Å²) in [5, 5.41) is 15.1. The molecule has 4 rings (SSSR count). The maximum absolute atomic E-state index is 11.3. The van der Waals surface area contributed by atoms with Crippen LogP contribution in [0.2, 0.25) is 0 Å². The Labute approximate surface area is 149 Å². The summed E-state index contributed by atoms with van der Waals surface area (Å²) in [4.78, 5) is 15.9. The summed E-state index contributed by atoms with van der Waals surface area (Å²) < 4.78 is 6.38. The van der Waals surface area contributed by atoms with E-state index in [1.165, 1.54) is 20.0 Å². The lowest BCUT2D eigenvalue weighted by Crippen LogP contribution is -2.18. The zero-order valence-electron chi connectivity index (χ0n) is 14.5. The molecule has 3 aromatic heterocycles. The van der Waals surface area contributed by atoms with Crippen molar-refractivity contribution in [2.75, 3.05) is 12.4 Å². The summed E-state index contributed by atoms with van der Waals surface area (Å²) >= 11 is 0. The molecule has 0 spiro atoms. The van der Waals surface area contributed by atoms with Crippen molar-refractivity contribution in [2.24, 2.45) is 5.73 Å². The van der Waals surface area contributed by atoms with Crippen molar-refractivity contribution in [2.45, 2.75) is 37.6 Å². The number of ether oxygens (including phenoxy) is 1. The van der Waals surface area contributed by atoms with Crippen molar-refractivity contribution in [1.29, 1.82) is 0 Å². The van der Waals surface area contributed by atoms with Gasteiger partial charge in [0.1, 0.15) is 5.52 Å². The maximum atomic E-state index is 11.3. The third-order valence-corrected chi connectivity index (χ3v) is 4.49. The van der Waals surface area contributed by atoms with E-state index in [1.54, 1.807) is 4.52 Å². The van der Waals surface area contributed by atoms with Gasteiger partial charge in [-0.2, -0.15) is 10.2 Å². The summed E-state index contributed by atoms with van der Waals surface area (Å²) in [6, 6.07) is 5.35. The molecule has 0 amide bonds. The van der Waals surface area contributed by atoms with E-state index in [1.807, 2.05) is 24.4 Å². The van der Waals surface area contributed by atoms with Crippen molar-refractivity contribution in [3.8, 4) is 0 Å². The third kappa shape index (κ3) is 3.38. The molecule has 1 atom stereocenters. The van der Waals surface area contributed by atoms with E-state index < -0.39 is 6.04 Å². The molecule has 3 aromatic rings. The SMILES string of the molecule is COC(=O)CC[C@H](N)c1nc(Nc2cc(C3CC3)[nH]n2)c2cccn2n1. The highest BCUT2D eigenvalue weighted by atomic mass is 16.5. The zero-order chi connectivity index (χ0) is 18.1. The molecule has 1 aliphatic carbocycles. The first kappa shape index (κ1) is 16.5. The summed E-state index contributed by atoms with van der Waals surface area (Å²) in [5.74, 6) is 2.09. The number of carbonyl (C=O) groups excluding carboxylic acids is 1. The minimum atomic E-state index is -0.470. The van der Waals surface area contributed by atoms with E-state index in [2.05, 4.69) is 30.3 Å². The van der Waals surface area contributed by atoms with Crippen molar-refractivity contribution < 1.29 is 9.53 Å². The Balaban J connectivity index is 1.58.